The molecule has 35 heavy (non-hydrogen) atoms. The lowest BCUT2D eigenvalue weighted by atomic mass is 9.69. The second-order valence-corrected chi connectivity index (χ2v) is 8.72. The summed E-state index contributed by atoms with van der Waals surface area (Å²) in [5.41, 5.74) is 5.09. The highest BCUT2D eigenvalue weighted by atomic mass is 16.5. The molecule has 1 spiro atoms. The Hall–Kier alpha value is -4.13. The fourth-order valence-electron chi connectivity index (χ4n) is 5.39. The van der Waals surface area contributed by atoms with E-state index in [2.05, 4.69) is 11.0 Å². The van der Waals surface area contributed by atoms with Gasteiger partial charge in [-0.25, -0.2) is 4.79 Å². The van der Waals surface area contributed by atoms with Crippen molar-refractivity contribution in [2.75, 3.05) is 44.3 Å². The summed E-state index contributed by atoms with van der Waals surface area (Å²) in [6, 6.07) is 16.2. The maximum absolute atomic E-state index is 14.4. The molecule has 1 amide bonds. The Labute approximate surface area is 200 Å². The molecule has 3 aliphatic rings. The van der Waals surface area contributed by atoms with Gasteiger partial charge in [0, 0.05) is 37.4 Å². The number of amides is 1. The summed E-state index contributed by atoms with van der Waals surface area (Å²) in [5, 5.41) is 10.7. The van der Waals surface area contributed by atoms with Gasteiger partial charge in [-0.2, -0.15) is 5.26 Å². The summed E-state index contributed by atoms with van der Waals surface area (Å²) in [6.07, 6.45) is 0. The van der Waals surface area contributed by atoms with Crippen LogP contribution in [0.4, 0.5) is 5.69 Å². The van der Waals surface area contributed by atoms with Gasteiger partial charge in [-0.05, 0) is 18.2 Å². The predicted molar refractivity (Wildman–Crippen MR) is 127 cm³/mol. The Morgan fingerprint density at radius 3 is 2.57 bits per heavy atom. The normalized spacial score (nSPS) is 21.7. The molecule has 4 heterocycles. The molecule has 0 unspecified atom stereocenters. The monoisotopic (exact) mass is 470 g/mol. The number of nitriles is 1. The van der Waals surface area contributed by atoms with Crippen LogP contribution in [0, 0.1) is 11.3 Å². The number of carbonyl (C=O) groups excluding carboxylic acids is 1. The summed E-state index contributed by atoms with van der Waals surface area (Å²) in [6.45, 7) is 3.84. The summed E-state index contributed by atoms with van der Waals surface area (Å²) in [7, 11) is 0. The molecule has 9 heteroatoms. The average Bonchev–Trinajstić information content (AvgIpc) is 3.11. The van der Waals surface area contributed by atoms with Crippen LogP contribution in [0.25, 0.3) is 11.0 Å². The minimum atomic E-state index is -1.75. The fraction of sp³-hybridized carbons (Fsp3) is 0.269. The van der Waals surface area contributed by atoms with Crippen molar-refractivity contribution in [1.29, 1.82) is 5.26 Å². The molecule has 1 saturated heterocycles. The Kier molecular flexibility index (Phi) is 4.88. The second-order valence-electron chi connectivity index (χ2n) is 8.72. The Balaban J connectivity index is 1.59. The van der Waals surface area contributed by atoms with Crippen LogP contribution in [0.15, 0.2) is 69.2 Å². The first-order valence-electron chi connectivity index (χ1n) is 11.4. The zero-order chi connectivity index (χ0) is 24.2. The molecule has 0 aliphatic carbocycles. The number of fused-ring (bicyclic) bond motifs is 6. The number of nitrogens with two attached hydrogens (primary N) is 1. The lowest BCUT2D eigenvalue weighted by Gasteiger charge is -2.34. The standard InChI is InChI=1S/C26H22N4O5/c27-15-18-23(28)35-22-16-5-1-4-8-20(16)34-24(31)21(22)26(18)17-6-2-3-7-19(17)30(25(26)32)10-9-29-11-13-33-14-12-29/h1-8H,9-14,28H2/t26-/m1/s1. The van der Waals surface area contributed by atoms with E-state index in [0.29, 0.717) is 48.5 Å². The van der Waals surface area contributed by atoms with Crippen LogP contribution in [0.2, 0.25) is 0 Å². The molecule has 1 atom stereocenters. The molecule has 3 aliphatic heterocycles. The third-order valence-electron chi connectivity index (χ3n) is 6.99. The minimum absolute atomic E-state index is 0.0201. The highest BCUT2D eigenvalue weighted by Crippen LogP contribution is 2.55. The average molecular weight is 470 g/mol. The van der Waals surface area contributed by atoms with Crippen molar-refractivity contribution < 1.29 is 18.7 Å². The first-order valence-corrected chi connectivity index (χ1v) is 11.4. The molecule has 1 fully saturated rings. The molecule has 2 aromatic carbocycles. The van der Waals surface area contributed by atoms with Crippen LogP contribution >= 0.6 is 0 Å². The molecule has 6 rings (SSSR count). The van der Waals surface area contributed by atoms with Gasteiger partial charge in [0.2, 0.25) is 11.8 Å². The molecular weight excluding hydrogens is 448 g/mol. The first kappa shape index (κ1) is 21.4. The molecule has 2 N–H and O–H groups in total. The SMILES string of the molecule is N#CC1=C(N)Oc2c(c(=O)oc3ccccc23)[C@]12C(=O)N(CCN1CCOCC1)c1ccccc12. The van der Waals surface area contributed by atoms with Gasteiger partial charge in [-0.3, -0.25) is 9.69 Å². The number of morpholine rings is 1. The summed E-state index contributed by atoms with van der Waals surface area (Å²) in [4.78, 5) is 31.7. The van der Waals surface area contributed by atoms with E-state index < -0.39 is 16.9 Å². The van der Waals surface area contributed by atoms with Crippen molar-refractivity contribution in [3.05, 3.63) is 81.5 Å². The van der Waals surface area contributed by atoms with E-state index in [-0.39, 0.29) is 22.8 Å². The molecule has 0 saturated carbocycles. The Bertz CT molecular complexity index is 1500. The fourth-order valence-corrected chi connectivity index (χ4v) is 5.39. The maximum atomic E-state index is 14.4. The van der Waals surface area contributed by atoms with Crippen molar-refractivity contribution in [1.82, 2.24) is 4.90 Å². The van der Waals surface area contributed by atoms with E-state index in [1.54, 1.807) is 41.3 Å². The lowest BCUT2D eigenvalue weighted by Crippen LogP contribution is -2.50. The number of benzene rings is 2. The highest BCUT2D eigenvalue weighted by molar-refractivity contribution is 6.14. The lowest BCUT2D eigenvalue weighted by molar-refractivity contribution is -0.121. The molecular formula is C26H22N4O5. The third kappa shape index (κ3) is 2.94. The molecule has 1 aromatic heterocycles. The molecule has 3 aromatic rings. The van der Waals surface area contributed by atoms with E-state index in [9.17, 15) is 14.9 Å². The number of ether oxygens (including phenoxy) is 2. The van der Waals surface area contributed by atoms with Crippen molar-refractivity contribution >= 4 is 22.6 Å². The van der Waals surface area contributed by atoms with E-state index in [1.807, 2.05) is 12.1 Å². The van der Waals surface area contributed by atoms with E-state index >= 15 is 0 Å². The smallest absolute Gasteiger partial charge is 0.345 e. The Morgan fingerprint density at radius 1 is 1.03 bits per heavy atom. The number of para-hydroxylation sites is 2. The number of carbonyl (C=O) groups is 1. The number of rotatable bonds is 3. The van der Waals surface area contributed by atoms with Gasteiger partial charge in [0.15, 0.2) is 11.2 Å². The van der Waals surface area contributed by atoms with E-state index in [0.717, 1.165) is 13.1 Å². The van der Waals surface area contributed by atoms with Crippen LogP contribution in [0.1, 0.15) is 11.1 Å². The quantitative estimate of drug-likeness (QED) is 0.576. The zero-order valence-corrected chi connectivity index (χ0v) is 18.8. The highest BCUT2D eigenvalue weighted by Gasteiger charge is 2.61. The van der Waals surface area contributed by atoms with Gasteiger partial charge >= 0.3 is 5.63 Å². The van der Waals surface area contributed by atoms with Gasteiger partial charge < -0.3 is 24.5 Å². The van der Waals surface area contributed by atoms with Crippen LogP contribution in [-0.2, 0) is 14.9 Å². The van der Waals surface area contributed by atoms with Crippen LogP contribution in [-0.4, -0.2) is 50.2 Å². The van der Waals surface area contributed by atoms with Gasteiger partial charge in [0.05, 0.1) is 18.6 Å². The van der Waals surface area contributed by atoms with Gasteiger partial charge in [0.25, 0.3) is 0 Å². The maximum Gasteiger partial charge on any atom is 0.345 e. The number of hydrogen-bond acceptors (Lipinski definition) is 8. The van der Waals surface area contributed by atoms with E-state index in [1.165, 1.54) is 0 Å². The van der Waals surface area contributed by atoms with Gasteiger partial charge in [-0.15, -0.1) is 0 Å². The molecule has 176 valence electrons. The van der Waals surface area contributed by atoms with Crippen molar-refractivity contribution in [3.8, 4) is 11.8 Å². The second kappa shape index (κ2) is 7.98. The van der Waals surface area contributed by atoms with Crippen molar-refractivity contribution in [2.24, 2.45) is 5.73 Å². The van der Waals surface area contributed by atoms with Crippen LogP contribution in [0.5, 0.6) is 5.75 Å². The predicted octanol–water partition coefficient (Wildman–Crippen LogP) is 1.84. The summed E-state index contributed by atoms with van der Waals surface area (Å²) >= 11 is 0. The van der Waals surface area contributed by atoms with Gasteiger partial charge in [0.1, 0.15) is 22.8 Å². The summed E-state index contributed by atoms with van der Waals surface area (Å²) < 4.78 is 16.9. The summed E-state index contributed by atoms with van der Waals surface area (Å²) in [5.74, 6) is -0.473. The van der Waals surface area contributed by atoms with Crippen molar-refractivity contribution in [3.63, 3.8) is 0 Å². The van der Waals surface area contributed by atoms with Gasteiger partial charge in [-0.1, -0.05) is 30.3 Å². The zero-order valence-electron chi connectivity index (χ0n) is 18.8. The topological polar surface area (TPSA) is 122 Å². The number of nitrogens with zero attached hydrogens (tertiary/aromatic N) is 3. The number of anilines is 1. The molecule has 9 nitrogen and oxygen atoms in total. The van der Waals surface area contributed by atoms with Crippen LogP contribution in [0.3, 0.4) is 0 Å². The largest absolute Gasteiger partial charge is 0.439 e. The molecule has 0 bridgehead atoms. The third-order valence-corrected chi connectivity index (χ3v) is 6.99. The Morgan fingerprint density at radius 2 is 1.77 bits per heavy atom. The van der Waals surface area contributed by atoms with E-state index in [4.69, 9.17) is 19.6 Å². The molecule has 0 radical (unpaired) electrons. The van der Waals surface area contributed by atoms with Crippen molar-refractivity contribution in [2.45, 2.75) is 5.41 Å². The van der Waals surface area contributed by atoms with Crippen LogP contribution < -0.4 is 21.0 Å². The number of hydrogen-bond donors (Lipinski definition) is 1. The first-order chi connectivity index (χ1) is 17.1. The minimum Gasteiger partial charge on any atom is -0.439 e.